The first kappa shape index (κ1) is 35.7. The van der Waals surface area contributed by atoms with Crippen molar-refractivity contribution in [3.63, 3.8) is 0 Å². The highest BCUT2D eigenvalue weighted by molar-refractivity contribution is 7.21. The molecule has 8 rings (SSSR count). The third kappa shape index (κ3) is 8.25. The predicted octanol–water partition coefficient (Wildman–Crippen LogP) is 9.62. The van der Waals surface area contributed by atoms with Crippen LogP contribution < -0.4 is 15.6 Å². The van der Waals surface area contributed by atoms with Crippen molar-refractivity contribution in [1.29, 1.82) is 0 Å². The molecule has 0 aliphatic carbocycles. The maximum atomic E-state index is 14.9. The number of nitrogens with one attached hydrogen (secondary N) is 2. The van der Waals surface area contributed by atoms with Crippen LogP contribution in [0, 0.1) is 0 Å². The molecule has 2 N–H and O–H groups in total. The lowest BCUT2D eigenvalue weighted by atomic mass is 9.99. The summed E-state index contributed by atoms with van der Waals surface area (Å²) < 4.78 is 15.4. The molecule has 1 fully saturated rings. The van der Waals surface area contributed by atoms with Crippen molar-refractivity contribution in [1.82, 2.24) is 19.9 Å². The molecule has 0 saturated carbocycles. The zero-order chi connectivity index (χ0) is 36.5. The fourth-order valence-electron chi connectivity index (χ4n) is 7.21. The summed E-state index contributed by atoms with van der Waals surface area (Å²) in [4.78, 5) is 22.9. The van der Waals surface area contributed by atoms with Crippen LogP contribution in [0.1, 0.15) is 63.9 Å². The van der Waals surface area contributed by atoms with E-state index in [-0.39, 0.29) is 18.6 Å². The first-order valence-electron chi connectivity index (χ1n) is 18.9. The minimum absolute atomic E-state index is 0.154. The van der Waals surface area contributed by atoms with Gasteiger partial charge in [0.1, 0.15) is 17.4 Å². The molecule has 1 aliphatic heterocycles. The highest BCUT2D eigenvalue weighted by atomic mass is 32.1. The lowest BCUT2D eigenvalue weighted by Gasteiger charge is -2.26. The van der Waals surface area contributed by atoms with Gasteiger partial charge >= 0.3 is 0 Å². The fourth-order valence-corrected chi connectivity index (χ4v) is 8.31. The molecule has 0 bridgehead atoms. The molecular formula is C45H45N5O3S. The maximum absolute atomic E-state index is 14.9. The summed E-state index contributed by atoms with van der Waals surface area (Å²) in [7, 11) is 0. The third-order valence-electron chi connectivity index (χ3n) is 10.00. The quantitative estimate of drug-likeness (QED) is 0.0582. The van der Waals surface area contributed by atoms with Crippen molar-refractivity contribution in [3.8, 4) is 5.75 Å². The van der Waals surface area contributed by atoms with E-state index in [4.69, 9.17) is 14.5 Å². The number of carbonyl (C=O) groups excluding carboxylic acids is 1. The predicted molar refractivity (Wildman–Crippen MR) is 218 cm³/mol. The Morgan fingerprint density at radius 3 is 2.22 bits per heavy atom. The fraction of sp³-hybridized carbons (Fsp3) is 0.244. The molecule has 54 heavy (non-hydrogen) atoms. The highest BCUT2D eigenvalue weighted by Gasteiger charge is 2.27. The van der Waals surface area contributed by atoms with Crippen LogP contribution in [-0.2, 0) is 18.1 Å². The molecule has 0 spiro atoms. The molecule has 2 aromatic heterocycles. The molecule has 0 unspecified atom stereocenters. The van der Waals surface area contributed by atoms with E-state index in [0.717, 1.165) is 56.7 Å². The average molecular weight is 736 g/mol. The number of likely N-dealkylation sites (tertiary alicyclic amines) is 1. The Balaban J connectivity index is 1.10. The number of piperidine rings is 1. The topological polar surface area (TPSA) is 80.6 Å². The largest absolute Gasteiger partial charge is 0.493 e. The number of anilines is 1. The van der Waals surface area contributed by atoms with Crippen molar-refractivity contribution >= 4 is 43.9 Å². The molecular weight excluding hydrogens is 691 g/mol. The summed E-state index contributed by atoms with van der Waals surface area (Å²) in [5.74, 6) is 0.892. The van der Waals surface area contributed by atoms with Crippen LogP contribution >= 0.6 is 11.3 Å². The normalized spacial score (nSPS) is 13.5. The summed E-state index contributed by atoms with van der Waals surface area (Å²) in [6, 6.07) is 44.5. The highest BCUT2D eigenvalue weighted by Crippen LogP contribution is 2.38. The number of ketones is 1. The number of aromatic nitrogens is 2. The molecule has 1 saturated heterocycles. The van der Waals surface area contributed by atoms with Crippen LogP contribution in [0.15, 0.2) is 133 Å². The van der Waals surface area contributed by atoms with Crippen LogP contribution in [0.25, 0.3) is 21.1 Å². The first-order chi connectivity index (χ1) is 26.7. The van der Waals surface area contributed by atoms with Gasteiger partial charge in [-0.1, -0.05) is 116 Å². The summed E-state index contributed by atoms with van der Waals surface area (Å²) in [6.07, 6.45) is 4.87. The number of hydrogen-bond acceptors (Lipinski definition) is 8. The molecule has 9 heteroatoms. The molecule has 0 amide bonds. The van der Waals surface area contributed by atoms with Crippen molar-refractivity contribution < 1.29 is 14.3 Å². The molecule has 0 radical (unpaired) electrons. The second-order valence-electron chi connectivity index (χ2n) is 13.7. The lowest BCUT2D eigenvalue weighted by molar-refractivity contribution is 0.0635. The van der Waals surface area contributed by atoms with Gasteiger partial charge < -0.3 is 19.8 Å². The van der Waals surface area contributed by atoms with E-state index in [1.807, 2.05) is 108 Å². The lowest BCUT2D eigenvalue weighted by Crippen LogP contribution is -2.31. The van der Waals surface area contributed by atoms with Crippen LogP contribution in [0.3, 0.4) is 0 Å². The van der Waals surface area contributed by atoms with E-state index in [2.05, 4.69) is 46.1 Å². The van der Waals surface area contributed by atoms with Gasteiger partial charge in [0.05, 0.1) is 36.0 Å². The second kappa shape index (κ2) is 17.2. The van der Waals surface area contributed by atoms with Crippen LogP contribution in [0.2, 0.25) is 0 Å². The van der Waals surface area contributed by atoms with Gasteiger partial charge in [-0.15, -0.1) is 11.3 Å². The zero-order valence-corrected chi connectivity index (χ0v) is 31.1. The van der Waals surface area contributed by atoms with Crippen molar-refractivity contribution in [2.45, 2.75) is 45.1 Å². The average Bonchev–Trinajstić information content (AvgIpc) is 3.79. The number of carbonyl (C=O) groups is 1. The smallest absolute Gasteiger partial charge is 0.240 e. The van der Waals surface area contributed by atoms with Crippen molar-refractivity contribution in [2.24, 2.45) is 0 Å². The van der Waals surface area contributed by atoms with E-state index < -0.39 is 0 Å². The Labute approximate surface area is 320 Å². The number of hydrogen-bond donors (Lipinski definition) is 2. The number of benzene rings is 5. The first-order valence-corrected chi connectivity index (χ1v) is 19.7. The van der Waals surface area contributed by atoms with Crippen LogP contribution in [0.5, 0.6) is 5.75 Å². The zero-order valence-electron chi connectivity index (χ0n) is 30.3. The monoisotopic (exact) mass is 735 g/mol. The van der Waals surface area contributed by atoms with Crippen LogP contribution in [0.4, 0.5) is 5.69 Å². The van der Waals surface area contributed by atoms with Crippen molar-refractivity contribution in [3.05, 3.63) is 161 Å². The van der Waals surface area contributed by atoms with Gasteiger partial charge in [-0.3, -0.25) is 9.36 Å². The van der Waals surface area contributed by atoms with E-state index >= 15 is 0 Å². The Morgan fingerprint density at radius 1 is 0.796 bits per heavy atom. The Morgan fingerprint density at radius 2 is 1.48 bits per heavy atom. The number of imidazole rings is 1. The summed E-state index contributed by atoms with van der Waals surface area (Å²) >= 11 is 1.46. The molecule has 8 nitrogen and oxygen atoms in total. The van der Waals surface area contributed by atoms with E-state index in [1.54, 1.807) is 0 Å². The SMILES string of the molecule is O=C(c1sc2ccccc2c1NNC(c1ccccc1)c1ccccc1)c1nc2ccc(OCCCN3CCCCC3)cc2n1COCc1ccccc1. The summed E-state index contributed by atoms with van der Waals surface area (Å²) in [6.45, 7) is 4.59. The molecule has 274 valence electrons. The van der Waals surface area contributed by atoms with Gasteiger partial charge in [0.2, 0.25) is 5.78 Å². The van der Waals surface area contributed by atoms with Gasteiger partial charge in [-0.2, -0.15) is 0 Å². The molecule has 7 aromatic rings. The summed E-state index contributed by atoms with van der Waals surface area (Å²) in [5, 5.41) is 0.960. The van der Waals surface area contributed by atoms with Gasteiger partial charge in [-0.25, -0.2) is 10.4 Å². The molecule has 3 heterocycles. The minimum Gasteiger partial charge on any atom is -0.493 e. The Kier molecular flexibility index (Phi) is 11.4. The van der Waals surface area contributed by atoms with E-state index in [0.29, 0.717) is 29.4 Å². The van der Waals surface area contributed by atoms with E-state index in [1.165, 1.54) is 43.7 Å². The Bertz CT molecular complexity index is 2250. The van der Waals surface area contributed by atoms with Crippen LogP contribution in [-0.4, -0.2) is 46.5 Å². The van der Waals surface area contributed by atoms with Gasteiger partial charge in [-0.05, 0) is 67.2 Å². The standard InChI is InChI=1S/C45H45N5O3S/c51-43(44-42(37-22-11-12-23-40(37)54-44)48-47-41(34-18-7-2-8-19-34)35-20-9-3-10-21-35)45-46-38-25-24-36(53-29-15-28-49-26-13-4-14-27-49)30-39(38)50(45)32-52-31-33-16-5-1-6-17-33/h1-3,5-12,16-25,30,41,47-48H,4,13-15,26-29,31-32H2. The maximum Gasteiger partial charge on any atom is 0.240 e. The van der Waals surface area contributed by atoms with Gasteiger partial charge in [0.25, 0.3) is 0 Å². The number of nitrogens with zero attached hydrogens (tertiary/aromatic N) is 3. The van der Waals surface area contributed by atoms with Gasteiger partial charge in [0, 0.05) is 22.7 Å². The second-order valence-corrected chi connectivity index (χ2v) is 14.8. The number of ether oxygens (including phenoxy) is 2. The van der Waals surface area contributed by atoms with Gasteiger partial charge in [0.15, 0.2) is 5.82 Å². The number of rotatable bonds is 16. The number of hydrazine groups is 1. The van der Waals surface area contributed by atoms with Crippen molar-refractivity contribution in [2.75, 3.05) is 31.7 Å². The molecule has 5 aromatic carbocycles. The summed E-state index contributed by atoms with van der Waals surface area (Å²) in [5.41, 5.74) is 12.6. The number of fused-ring (bicyclic) bond motifs is 2. The van der Waals surface area contributed by atoms with E-state index in [9.17, 15) is 4.79 Å². The molecule has 1 aliphatic rings. The minimum atomic E-state index is -0.181. The Hall–Kier alpha value is -5.32. The third-order valence-corrected chi connectivity index (χ3v) is 11.2. The number of thiophene rings is 1. The molecule has 0 atom stereocenters.